The van der Waals surface area contributed by atoms with Crippen molar-refractivity contribution in [2.75, 3.05) is 0 Å². The fourth-order valence-corrected chi connectivity index (χ4v) is 1.03. The van der Waals surface area contributed by atoms with Crippen LogP contribution in [0.4, 0.5) is 0 Å². The minimum absolute atomic E-state index is 0.330. The molecule has 0 bridgehead atoms. The minimum atomic E-state index is -0.742. The van der Waals surface area contributed by atoms with Crippen LogP contribution in [0.2, 0.25) is 0 Å². The van der Waals surface area contributed by atoms with Crippen LogP contribution in [0.25, 0.3) is 0 Å². The second kappa shape index (κ2) is 5.70. The molecule has 1 rings (SSSR count). The second-order valence-corrected chi connectivity index (χ2v) is 3.10. The summed E-state index contributed by atoms with van der Waals surface area (Å²) >= 11 is 0. The highest BCUT2D eigenvalue weighted by Gasteiger charge is 1.99. The smallest absolute Gasteiger partial charge is 0.119 e. The lowest BCUT2D eigenvalue weighted by Crippen LogP contribution is -2.03. The van der Waals surface area contributed by atoms with E-state index in [1.165, 1.54) is 0 Å². The first-order valence-electron chi connectivity index (χ1n) is 4.61. The Kier molecular flexibility index (Phi) is 4.23. The average molecular weight is 196 g/mol. The van der Waals surface area contributed by atoms with Gasteiger partial charge >= 0.3 is 0 Å². The summed E-state index contributed by atoms with van der Waals surface area (Å²) in [5, 5.41) is 9.48. The molecular weight excluding hydrogens is 184 g/mol. The number of hydrogen-bond donors (Lipinski definition) is 1. The molecule has 0 spiro atoms. The van der Waals surface area contributed by atoms with Crippen molar-refractivity contribution < 1.29 is 5.11 Å². The van der Waals surface area contributed by atoms with E-state index in [9.17, 15) is 5.11 Å². The van der Waals surface area contributed by atoms with Crippen molar-refractivity contribution in [3.05, 3.63) is 48.0 Å². The lowest BCUT2D eigenvalue weighted by molar-refractivity contribution is 0.234. The maximum absolute atomic E-state index is 9.48. The molecule has 0 amide bonds. The maximum Gasteiger partial charge on any atom is 0.119 e. The molecule has 0 saturated heterocycles. The minimum Gasteiger partial charge on any atom is -0.380 e. The van der Waals surface area contributed by atoms with Crippen LogP contribution in [-0.4, -0.2) is 11.2 Å². The highest BCUT2D eigenvalue weighted by molar-refractivity contribution is 5.35. The molecule has 1 aromatic carbocycles. The molecule has 0 aliphatic carbocycles. The third kappa shape index (κ3) is 4.18. The van der Waals surface area contributed by atoms with Crippen LogP contribution in [0.1, 0.15) is 12.0 Å². The van der Waals surface area contributed by atoms with E-state index in [0.29, 0.717) is 12.0 Å². The van der Waals surface area contributed by atoms with Gasteiger partial charge in [0.15, 0.2) is 0 Å². The van der Waals surface area contributed by atoms with Crippen molar-refractivity contribution in [3.63, 3.8) is 0 Å². The fraction of sp³-hybridized carbons (Fsp3) is 0.143. The summed E-state index contributed by atoms with van der Waals surface area (Å²) in [6.07, 6.45) is 4.71. The number of rotatable bonds is 2. The Labute approximate surface area is 90.5 Å². The molecular formula is C14H12O. The molecule has 1 aromatic rings. The van der Waals surface area contributed by atoms with Gasteiger partial charge in [-0.25, -0.2) is 0 Å². The van der Waals surface area contributed by atoms with Gasteiger partial charge in [0.2, 0.25) is 0 Å². The number of aliphatic hydroxyl groups excluding tert-OH is 1. The third-order valence-electron chi connectivity index (χ3n) is 1.80. The zero-order valence-corrected chi connectivity index (χ0v) is 8.40. The molecule has 1 N–H and O–H groups in total. The second-order valence-electron chi connectivity index (χ2n) is 3.10. The quantitative estimate of drug-likeness (QED) is 0.717. The first kappa shape index (κ1) is 11.1. The maximum atomic E-state index is 9.48. The van der Waals surface area contributed by atoms with Crippen LogP contribution in [0.15, 0.2) is 42.5 Å². The standard InChI is InChI=1S/C14H12O/c1-3-12(2)11-14(15)10-9-13-7-5-4-6-8-13/h1,4-8,14-15H,2,11H2/t14-/m0/s1. The van der Waals surface area contributed by atoms with Gasteiger partial charge in [-0.05, 0) is 17.7 Å². The van der Waals surface area contributed by atoms with Crippen molar-refractivity contribution in [1.82, 2.24) is 0 Å². The van der Waals surface area contributed by atoms with Gasteiger partial charge in [-0.2, -0.15) is 0 Å². The molecule has 74 valence electrons. The zero-order chi connectivity index (χ0) is 11.1. The summed E-state index contributed by atoms with van der Waals surface area (Å²) in [5.74, 6) is 7.95. The van der Waals surface area contributed by atoms with E-state index in [0.717, 1.165) is 5.56 Å². The Morgan fingerprint density at radius 2 is 2.07 bits per heavy atom. The normalized spacial score (nSPS) is 10.7. The van der Waals surface area contributed by atoms with E-state index < -0.39 is 6.10 Å². The number of benzene rings is 1. The van der Waals surface area contributed by atoms with Gasteiger partial charge in [-0.1, -0.05) is 42.5 Å². The predicted octanol–water partition coefficient (Wildman–Crippen LogP) is 1.98. The summed E-state index contributed by atoms with van der Waals surface area (Å²) in [6, 6.07) is 9.49. The molecule has 0 fully saturated rings. The van der Waals surface area contributed by atoms with E-state index in [1.54, 1.807) is 0 Å². The van der Waals surface area contributed by atoms with Gasteiger partial charge in [0, 0.05) is 12.0 Å². The molecule has 0 unspecified atom stereocenters. The van der Waals surface area contributed by atoms with Gasteiger partial charge in [0.1, 0.15) is 6.10 Å². The van der Waals surface area contributed by atoms with Gasteiger partial charge < -0.3 is 5.11 Å². The van der Waals surface area contributed by atoms with E-state index in [1.807, 2.05) is 30.3 Å². The Morgan fingerprint density at radius 1 is 1.40 bits per heavy atom. The molecule has 0 radical (unpaired) electrons. The molecule has 15 heavy (non-hydrogen) atoms. The van der Waals surface area contributed by atoms with Crippen molar-refractivity contribution in [1.29, 1.82) is 0 Å². The summed E-state index contributed by atoms with van der Waals surface area (Å²) < 4.78 is 0. The Hall–Kier alpha value is -1.96. The molecule has 0 heterocycles. The summed E-state index contributed by atoms with van der Waals surface area (Å²) in [6.45, 7) is 3.60. The fourth-order valence-electron chi connectivity index (χ4n) is 1.03. The van der Waals surface area contributed by atoms with Crippen LogP contribution in [0, 0.1) is 24.2 Å². The molecule has 1 atom stereocenters. The Morgan fingerprint density at radius 3 is 2.67 bits per heavy atom. The summed E-state index contributed by atoms with van der Waals surface area (Å²) in [5.41, 5.74) is 1.44. The van der Waals surface area contributed by atoms with E-state index in [2.05, 4.69) is 24.3 Å². The van der Waals surface area contributed by atoms with Gasteiger partial charge in [0.05, 0.1) is 0 Å². The number of terminal acetylenes is 1. The van der Waals surface area contributed by atoms with Crippen LogP contribution in [0.5, 0.6) is 0 Å². The van der Waals surface area contributed by atoms with Crippen molar-refractivity contribution in [2.45, 2.75) is 12.5 Å². The van der Waals surface area contributed by atoms with E-state index in [-0.39, 0.29) is 0 Å². The van der Waals surface area contributed by atoms with Crippen LogP contribution >= 0.6 is 0 Å². The highest BCUT2D eigenvalue weighted by Crippen LogP contribution is 2.01. The monoisotopic (exact) mass is 196 g/mol. The molecule has 0 aliphatic heterocycles. The van der Waals surface area contributed by atoms with Crippen molar-refractivity contribution >= 4 is 0 Å². The predicted molar refractivity (Wildman–Crippen MR) is 61.9 cm³/mol. The van der Waals surface area contributed by atoms with Crippen molar-refractivity contribution in [2.24, 2.45) is 0 Å². The Balaban J connectivity index is 2.59. The van der Waals surface area contributed by atoms with Gasteiger partial charge in [-0.3, -0.25) is 0 Å². The third-order valence-corrected chi connectivity index (χ3v) is 1.80. The van der Waals surface area contributed by atoms with Crippen LogP contribution in [0.3, 0.4) is 0 Å². The largest absolute Gasteiger partial charge is 0.380 e. The average Bonchev–Trinajstić information content (AvgIpc) is 2.27. The summed E-state index contributed by atoms with van der Waals surface area (Å²) in [7, 11) is 0. The SMILES string of the molecule is C#CC(=C)C[C@@H](O)C#Cc1ccccc1. The number of aliphatic hydroxyl groups is 1. The molecule has 1 nitrogen and oxygen atoms in total. The summed E-state index contributed by atoms with van der Waals surface area (Å²) in [4.78, 5) is 0. The van der Waals surface area contributed by atoms with E-state index in [4.69, 9.17) is 6.42 Å². The molecule has 0 saturated carbocycles. The highest BCUT2D eigenvalue weighted by atomic mass is 16.3. The topological polar surface area (TPSA) is 20.2 Å². The molecule has 0 aliphatic rings. The first-order chi connectivity index (χ1) is 7.22. The molecule has 0 aromatic heterocycles. The lowest BCUT2D eigenvalue weighted by atomic mass is 10.1. The van der Waals surface area contributed by atoms with Gasteiger partial charge in [0.25, 0.3) is 0 Å². The Bertz CT molecular complexity index is 426. The number of hydrogen-bond acceptors (Lipinski definition) is 1. The molecule has 1 heteroatoms. The van der Waals surface area contributed by atoms with Gasteiger partial charge in [-0.15, -0.1) is 6.42 Å². The van der Waals surface area contributed by atoms with Crippen molar-refractivity contribution in [3.8, 4) is 24.2 Å². The van der Waals surface area contributed by atoms with Crippen LogP contribution in [-0.2, 0) is 0 Å². The van der Waals surface area contributed by atoms with E-state index >= 15 is 0 Å². The zero-order valence-electron chi connectivity index (χ0n) is 8.40. The first-order valence-corrected chi connectivity index (χ1v) is 4.61. The lowest BCUT2D eigenvalue weighted by Gasteiger charge is -1.99. The van der Waals surface area contributed by atoms with Crippen LogP contribution < -0.4 is 0 Å².